The summed E-state index contributed by atoms with van der Waals surface area (Å²) in [5, 5.41) is 5.33. The van der Waals surface area contributed by atoms with Gasteiger partial charge in [0.1, 0.15) is 6.04 Å². The second-order valence-electron chi connectivity index (χ2n) is 4.50. The molecule has 0 bridgehead atoms. The van der Waals surface area contributed by atoms with Crippen LogP contribution in [-0.4, -0.2) is 29.9 Å². The fourth-order valence-electron chi connectivity index (χ4n) is 1.55. The van der Waals surface area contributed by atoms with Gasteiger partial charge in [0.15, 0.2) is 0 Å². The highest BCUT2D eigenvalue weighted by molar-refractivity contribution is 5.97. The Morgan fingerprint density at radius 3 is 2.42 bits per heavy atom. The normalized spacial score (nSPS) is 11.8. The van der Waals surface area contributed by atoms with Crippen molar-refractivity contribution in [2.45, 2.75) is 26.8 Å². The Labute approximate surface area is 112 Å². The van der Waals surface area contributed by atoms with E-state index < -0.39 is 6.04 Å². The van der Waals surface area contributed by atoms with Crippen LogP contribution < -0.4 is 15.4 Å². The molecule has 0 spiro atoms. The number of methoxy groups -OCH3 is 1. The van der Waals surface area contributed by atoms with E-state index in [0.717, 1.165) is 0 Å². The Kier molecular flexibility index (Phi) is 5.29. The summed E-state index contributed by atoms with van der Waals surface area (Å²) in [4.78, 5) is 27.1. The van der Waals surface area contributed by atoms with Crippen LogP contribution in [0.4, 0.5) is 5.69 Å². The highest BCUT2D eigenvalue weighted by Crippen LogP contribution is 2.12. The van der Waals surface area contributed by atoms with Crippen molar-refractivity contribution in [1.29, 1.82) is 0 Å². The third kappa shape index (κ3) is 4.57. The Morgan fingerprint density at radius 2 is 2.00 bits per heavy atom. The van der Waals surface area contributed by atoms with E-state index in [9.17, 15) is 9.59 Å². The maximum absolute atomic E-state index is 12.1. The lowest BCUT2D eigenvalue weighted by atomic mass is 10.0. The van der Waals surface area contributed by atoms with E-state index in [1.165, 1.54) is 20.2 Å². The minimum Gasteiger partial charge on any atom is -0.481 e. The number of aromatic nitrogens is 1. The molecule has 1 aromatic rings. The van der Waals surface area contributed by atoms with E-state index in [-0.39, 0.29) is 17.7 Å². The Balaban J connectivity index is 2.72. The van der Waals surface area contributed by atoms with E-state index in [4.69, 9.17) is 4.74 Å². The maximum Gasteiger partial charge on any atom is 0.247 e. The number of hydrogen-bond donors (Lipinski definition) is 2. The molecule has 1 atom stereocenters. The lowest BCUT2D eigenvalue weighted by Gasteiger charge is -2.20. The zero-order chi connectivity index (χ0) is 14.4. The first-order valence-corrected chi connectivity index (χ1v) is 6.02. The molecular formula is C13H19N3O3. The summed E-state index contributed by atoms with van der Waals surface area (Å²) in [6.07, 6.45) is 1.50. The topological polar surface area (TPSA) is 80.3 Å². The fraction of sp³-hybridized carbons (Fsp3) is 0.462. The predicted molar refractivity (Wildman–Crippen MR) is 71.9 cm³/mol. The van der Waals surface area contributed by atoms with Gasteiger partial charge >= 0.3 is 0 Å². The van der Waals surface area contributed by atoms with Gasteiger partial charge in [-0.3, -0.25) is 9.59 Å². The van der Waals surface area contributed by atoms with Crippen molar-refractivity contribution in [3.05, 3.63) is 18.3 Å². The molecule has 0 aliphatic heterocycles. The van der Waals surface area contributed by atoms with Crippen LogP contribution in [0.5, 0.6) is 5.88 Å². The van der Waals surface area contributed by atoms with Crippen LogP contribution in [0.1, 0.15) is 20.8 Å². The summed E-state index contributed by atoms with van der Waals surface area (Å²) in [6, 6.07) is 2.77. The maximum atomic E-state index is 12.1. The van der Waals surface area contributed by atoms with E-state index in [1.807, 2.05) is 13.8 Å². The number of pyridine rings is 1. The fourth-order valence-corrected chi connectivity index (χ4v) is 1.55. The van der Waals surface area contributed by atoms with Gasteiger partial charge in [0, 0.05) is 13.0 Å². The molecule has 1 aromatic heterocycles. The number of rotatable bonds is 5. The van der Waals surface area contributed by atoms with E-state index >= 15 is 0 Å². The summed E-state index contributed by atoms with van der Waals surface area (Å²) >= 11 is 0. The highest BCUT2D eigenvalue weighted by atomic mass is 16.5. The van der Waals surface area contributed by atoms with Gasteiger partial charge in [-0.15, -0.1) is 0 Å². The summed E-state index contributed by atoms with van der Waals surface area (Å²) < 4.78 is 4.93. The van der Waals surface area contributed by atoms with Crippen molar-refractivity contribution >= 4 is 17.5 Å². The SMILES string of the molecule is COc1ccc(NC(=O)[C@@H](NC(C)=O)C(C)C)cn1. The summed E-state index contributed by atoms with van der Waals surface area (Å²) in [7, 11) is 1.52. The quantitative estimate of drug-likeness (QED) is 0.838. The number of nitrogens with one attached hydrogen (secondary N) is 2. The molecule has 0 fully saturated rings. The van der Waals surface area contributed by atoms with Gasteiger partial charge in [-0.1, -0.05) is 13.8 Å². The zero-order valence-corrected chi connectivity index (χ0v) is 11.6. The molecule has 2 N–H and O–H groups in total. The first-order valence-electron chi connectivity index (χ1n) is 6.02. The van der Waals surface area contributed by atoms with Crippen LogP contribution in [-0.2, 0) is 9.59 Å². The first kappa shape index (κ1) is 14.9. The van der Waals surface area contributed by atoms with Crippen molar-refractivity contribution in [1.82, 2.24) is 10.3 Å². The summed E-state index contributed by atoms with van der Waals surface area (Å²) in [6.45, 7) is 5.12. The van der Waals surface area contributed by atoms with E-state index in [1.54, 1.807) is 12.1 Å². The van der Waals surface area contributed by atoms with Crippen LogP contribution in [0.2, 0.25) is 0 Å². The largest absolute Gasteiger partial charge is 0.481 e. The second-order valence-corrected chi connectivity index (χ2v) is 4.50. The molecule has 0 saturated carbocycles. The van der Waals surface area contributed by atoms with Crippen LogP contribution in [0.15, 0.2) is 18.3 Å². The Bertz CT molecular complexity index is 443. The van der Waals surface area contributed by atoms with Crippen LogP contribution in [0, 0.1) is 5.92 Å². The molecule has 1 heterocycles. The van der Waals surface area contributed by atoms with Gasteiger partial charge < -0.3 is 15.4 Å². The molecule has 19 heavy (non-hydrogen) atoms. The lowest BCUT2D eigenvalue weighted by molar-refractivity contribution is -0.126. The van der Waals surface area contributed by atoms with Gasteiger partial charge in [0.25, 0.3) is 0 Å². The number of anilines is 1. The van der Waals surface area contributed by atoms with Crippen LogP contribution in [0.3, 0.4) is 0 Å². The van der Waals surface area contributed by atoms with E-state index in [0.29, 0.717) is 11.6 Å². The first-order chi connectivity index (χ1) is 8.93. The average molecular weight is 265 g/mol. The molecule has 0 radical (unpaired) electrons. The predicted octanol–water partition coefficient (Wildman–Crippen LogP) is 1.19. The number of ether oxygens (including phenoxy) is 1. The monoisotopic (exact) mass is 265 g/mol. The summed E-state index contributed by atoms with van der Waals surface area (Å²) in [5.74, 6) is -0.0331. The summed E-state index contributed by atoms with van der Waals surface area (Å²) in [5.41, 5.74) is 0.557. The Hall–Kier alpha value is -2.11. The molecule has 6 nitrogen and oxygen atoms in total. The smallest absolute Gasteiger partial charge is 0.247 e. The zero-order valence-electron chi connectivity index (χ0n) is 11.6. The van der Waals surface area contributed by atoms with Crippen molar-refractivity contribution < 1.29 is 14.3 Å². The van der Waals surface area contributed by atoms with Gasteiger partial charge in [-0.2, -0.15) is 0 Å². The van der Waals surface area contributed by atoms with Gasteiger partial charge in [0.05, 0.1) is 19.0 Å². The van der Waals surface area contributed by atoms with Crippen LogP contribution in [0.25, 0.3) is 0 Å². The molecule has 0 aromatic carbocycles. The van der Waals surface area contributed by atoms with Gasteiger partial charge in [-0.25, -0.2) is 4.98 Å². The second kappa shape index (κ2) is 6.72. The molecular weight excluding hydrogens is 246 g/mol. The number of carbonyl (C=O) groups is 2. The minimum atomic E-state index is -0.570. The number of amides is 2. The van der Waals surface area contributed by atoms with Crippen molar-refractivity contribution in [2.75, 3.05) is 12.4 Å². The van der Waals surface area contributed by atoms with E-state index in [2.05, 4.69) is 15.6 Å². The van der Waals surface area contributed by atoms with Crippen molar-refractivity contribution in [3.63, 3.8) is 0 Å². The third-order valence-electron chi connectivity index (χ3n) is 2.52. The van der Waals surface area contributed by atoms with Crippen molar-refractivity contribution in [2.24, 2.45) is 5.92 Å². The molecule has 0 saturated heterocycles. The molecule has 1 rings (SSSR count). The van der Waals surface area contributed by atoms with Crippen molar-refractivity contribution in [3.8, 4) is 5.88 Å². The van der Waals surface area contributed by atoms with Gasteiger partial charge in [0.2, 0.25) is 17.7 Å². The van der Waals surface area contributed by atoms with Gasteiger partial charge in [-0.05, 0) is 12.0 Å². The number of hydrogen-bond acceptors (Lipinski definition) is 4. The number of carbonyl (C=O) groups excluding carboxylic acids is 2. The molecule has 104 valence electrons. The minimum absolute atomic E-state index is 0.00453. The molecule has 0 aliphatic rings. The highest BCUT2D eigenvalue weighted by Gasteiger charge is 2.22. The average Bonchev–Trinajstić information content (AvgIpc) is 2.36. The van der Waals surface area contributed by atoms with Crippen LogP contribution >= 0.6 is 0 Å². The molecule has 0 unspecified atom stereocenters. The lowest BCUT2D eigenvalue weighted by Crippen LogP contribution is -2.46. The molecule has 0 aliphatic carbocycles. The third-order valence-corrected chi connectivity index (χ3v) is 2.52. The standard InChI is InChI=1S/C13H19N3O3/c1-8(2)12(15-9(3)17)13(18)16-10-5-6-11(19-4)14-7-10/h5-8,12H,1-4H3,(H,15,17)(H,16,18)/t12-/m0/s1. The Morgan fingerprint density at radius 1 is 1.32 bits per heavy atom. The molecule has 6 heteroatoms. The molecule has 2 amide bonds. The number of nitrogens with zero attached hydrogens (tertiary/aromatic N) is 1.